The summed E-state index contributed by atoms with van der Waals surface area (Å²) in [5, 5.41) is 25.1. The van der Waals surface area contributed by atoms with Crippen molar-refractivity contribution in [1.82, 2.24) is 5.32 Å². The highest BCUT2D eigenvalue weighted by molar-refractivity contribution is 5.93. The third kappa shape index (κ3) is 5.09. The molecular formula is C13H17N3O5. The van der Waals surface area contributed by atoms with Crippen molar-refractivity contribution >= 4 is 23.3 Å². The first-order valence-corrected chi connectivity index (χ1v) is 6.33. The number of carbonyl (C=O) groups excluding carboxylic acids is 1. The number of nitrogens with one attached hydrogen (secondary N) is 2. The fraction of sp³-hybridized carbons (Fsp3) is 0.385. The van der Waals surface area contributed by atoms with Gasteiger partial charge in [0.2, 0.25) is 5.91 Å². The van der Waals surface area contributed by atoms with Gasteiger partial charge in [0.25, 0.3) is 5.69 Å². The molecule has 0 radical (unpaired) electrons. The van der Waals surface area contributed by atoms with Gasteiger partial charge in [-0.05, 0) is 18.1 Å². The van der Waals surface area contributed by atoms with Gasteiger partial charge in [-0.3, -0.25) is 14.9 Å². The highest BCUT2D eigenvalue weighted by Gasteiger charge is 2.20. The number of aromatic carboxylic acids is 1. The normalized spacial score (nSPS) is 10.2. The molecule has 3 N–H and O–H groups in total. The minimum Gasteiger partial charge on any atom is -0.477 e. The minimum atomic E-state index is -1.37. The minimum absolute atomic E-state index is 0.0453. The maximum Gasteiger partial charge on any atom is 0.342 e. The smallest absolute Gasteiger partial charge is 0.342 e. The average molecular weight is 295 g/mol. The SMILES string of the molecule is CC(C)CNC(=O)CNc1ccc(C(=O)O)c([N+](=O)[O-])c1. The number of amides is 1. The third-order valence-corrected chi connectivity index (χ3v) is 2.59. The van der Waals surface area contributed by atoms with Crippen LogP contribution in [0.3, 0.4) is 0 Å². The van der Waals surface area contributed by atoms with Crippen molar-refractivity contribution in [1.29, 1.82) is 0 Å². The predicted octanol–water partition coefficient (Wildman–Crippen LogP) is 1.48. The first-order chi connectivity index (χ1) is 9.81. The van der Waals surface area contributed by atoms with Crippen LogP contribution in [0.5, 0.6) is 0 Å². The highest BCUT2D eigenvalue weighted by atomic mass is 16.6. The molecule has 0 bridgehead atoms. The maximum atomic E-state index is 11.5. The average Bonchev–Trinajstić information content (AvgIpc) is 2.42. The Balaban J connectivity index is 2.72. The van der Waals surface area contributed by atoms with Crippen molar-refractivity contribution in [2.24, 2.45) is 5.92 Å². The molecule has 0 aliphatic heterocycles. The highest BCUT2D eigenvalue weighted by Crippen LogP contribution is 2.23. The quantitative estimate of drug-likeness (QED) is 0.517. The molecule has 0 saturated carbocycles. The summed E-state index contributed by atoms with van der Waals surface area (Å²) < 4.78 is 0. The van der Waals surface area contributed by atoms with Crippen LogP contribution in [0.15, 0.2) is 18.2 Å². The second-order valence-corrected chi connectivity index (χ2v) is 4.85. The largest absolute Gasteiger partial charge is 0.477 e. The molecule has 0 unspecified atom stereocenters. The van der Waals surface area contributed by atoms with E-state index < -0.39 is 22.1 Å². The van der Waals surface area contributed by atoms with E-state index in [1.165, 1.54) is 6.07 Å². The van der Waals surface area contributed by atoms with E-state index in [1.54, 1.807) is 0 Å². The van der Waals surface area contributed by atoms with Gasteiger partial charge in [0.15, 0.2) is 0 Å². The summed E-state index contributed by atoms with van der Waals surface area (Å²) in [5.41, 5.74) is -0.601. The van der Waals surface area contributed by atoms with Crippen LogP contribution in [0.1, 0.15) is 24.2 Å². The second-order valence-electron chi connectivity index (χ2n) is 4.85. The van der Waals surface area contributed by atoms with Gasteiger partial charge in [-0.15, -0.1) is 0 Å². The monoisotopic (exact) mass is 295 g/mol. The summed E-state index contributed by atoms with van der Waals surface area (Å²) in [5.74, 6) is -1.29. The number of carbonyl (C=O) groups is 2. The van der Waals surface area contributed by atoms with Crippen LogP contribution in [-0.2, 0) is 4.79 Å². The van der Waals surface area contributed by atoms with Crippen molar-refractivity contribution in [3.63, 3.8) is 0 Å². The standard InChI is InChI=1S/C13H17N3O5/c1-8(2)6-15-12(17)7-14-9-3-4-10(13(18)19)11(5-9)16(20)21/h3-5,8,14H,6-7H2,1-2H3,(H,15,17)(H,18,19). The van der Waals surface area contributed by atoms with Gasteiger partial charge in [0.1, 0.15) is 5.56 Å². The molecule has 1 aromatic carbocycles. The molecule has 114 valence electrons. The van der Waals surface area contributed by atoms with E-state index in [0.717, 1.165) is 12.1 Å². The molecule has 0 aliphatic rings. The van der Waals surface area contributed by atoms with Gasteiger partial charge in [-0.2, -0.15) is 0 Å². The van der Waals surface area contributed by atoms with Crippen molar-refractivity contribution in [3.05, 3.63) is 33.9 Å². The molecule has 0 spiro atoms. The summed E-state index contributed by atoms with van der Waals surface area (Å²) in [6.07, 6.45) is 0. The topological polar surface area (TPSA) is 122 Å². The third-order valence-electron chi connectivity index (χ3n) is 2.59. The number of rotatable bonds is 7. The van der Waals surface area contributed by atoms with E-state index in [9.17, 15) is 19.7 Å². The van der Waals surface area contributed by atoms with Crippen molar-refractivity contribution < 1.29 is 19.6 Å². The molecule has 1 aromatic rings. The fourth-order valence-corrected chi connectivity index (χ4v) is 1.54. The number of nitro groups is 1. The molecule has 8 heteroatoms. The molecule has 0 heterocycles. The fourth-order valence-electron chi connectivity index (χ4n) is 1.54. The molecule has 0 aromatic heterocycles. The molecule has 1 rings (SSSR count). The zero-order valence-electron chi connectivity index (χ0n) is 11.8. The number of anilines is 1. The summed E-state index contributed by atoms with van der Waals surface area (Å²) in [4.78, 5) is 32.4. The summed E-state index contributed by atoms with van der Waals surface area (Å²) in [6, 6.07) is 3.61. The Morgan fingerprint density at radius 2 is 2.05 bits per heavy atom. The summed E-state index contributed by atoms with van der Waals surface area (Å²) in [7, 11) is 0. The predicted molar refractivity (Wildman–Crippen MR) is 76.4 cm³/mol. The van der Waals surface area contributed by atoms with Crippen LogP contribution in [0, 0.1) is 16.0 Å². The molecule has 0 saturated heterocycles. The lowest BCUT2D eigenvalue weighted by atomic mass is 10.1. The van der Waals surface area contributed by atoms with E-state index in [4.69, 9.17) is 5.11 Å². The van der Waals surface area contributed by atoms with E-state index in [0.29, 0.717) is 18.2 Å². The molecule has 0 atom stereocenters. The zero-order chi connectivity index (χ0) is 16.0. The number of carboxylic acids is 1. The number of nitro benzene ring substituents is 1. The molecule has 21 heavy (non-hydrogen) atoms. The van der Waals surface area contributed by atoms with Crippen molar-refractivity contribution in [2.45, 2.75) is 13.8 Å². The Morgan fingerprint density at radius 1 is 1.38 bits per heavy atom. The molecule has 0 fully saturated rings. The summed E-state index contributed by atoms with van der Waals surface area (Å²) >= 11 is 0. The van der Waals surface area contributed by atoms with E-state index in [2.05, 4.69) is 10.6 Å². The van der Waals surface area contributed by atoms with Gasteiger partial charge in [0.05, 0.1) is 11.5 Å². The Labute approximate surface area is 121 Å². The summed E-state index contributed by atoms with van der Waals surface area (Å²) in [6.45, 7) is 4.41. The van der Waals surface area contributed by atoms with Gasteiger partial charge in [-0.25, -0.2) is 4.79 Å². The van der Waals surface area contributed by atoms with Crippen LogP contribution < -0.4 is 10.6 Å². The van der Waals surface area contributed by atoms with Crippen molar-refractivity contribution in [3.8, 4) is 0 Å². The first kappa shape index (κ1) is 16.4. The van der Waals surface area contributed by atoms with E-state index in [1.807, 2.05) is 13.8 Å². The molecule has 8 nitrogen and oxygen atoms in total. The Morgan fingerprint density at radius 3 is 2.57 bits per heavy atom. The Kier molecular flexibility index (Phi) is 5.65. The van der Waals surface area contributed by atoms with Gasteiger partial charge >= 0.3 is 5.97 Å². The second kappa shape index (κ2) is 7.22. The molecule has 0 aliphatic carbocycles. The number of carboxylic acid groups (broad SMARTS) is 1. The van der Waals surface area contributed by atoms with Crippen LogP contribution in [-0.4, -0.2) is 35.0 Å². The number of nitrogens with zero attached hydrogens (tertiary/aromatic N) is 1. The van der Waals surface area contributed by atoms with Gasteiger partial charge in [0, 0.05) is 18.3 Å². The Hall–Kier alpha value is -2.64. The van der Waals surface area contributed by atoms with Crippen LogP contribution in [0.2, 0.25) is 0 Å². The lowest BCUT2D eigenvalue weighted by Gasteiger charge is -2.09. The number of benzene rings is 1. The zero-order valence-corrected chi connectivity index (χ0v) is 11.8. The van der Waals surface area contributed by atoms with Crippen LogP contribution >= 0.6 is 0 Å². The van der Waals surface area contributed by atoms with E-state index >= 15 is 0 Å². The molecule has 1 amide bonds. The maximum absolute atomic E-state index is 11.5. The number of hydrogen-bond donors (Lipinski definition) is 3. The van der Waals surface area contributed by atoms with Gasteiger partial charge in [-0.1, -0.05) is 13.8 Å². The van der Waals surface area contributed by atoms with Gasteiger partial charge < -0.3 is 15.7 Å². The Bertz CT molecular complexity index is 557. The number of hydrogen-bond acceptors (Lipinski definition) is 5. The first-order valence-electron chi connectivity index (χ1n) is 6.33. The van der Waals surface area contributed by atoms with Crippen LogP contribution in [0.4, 0.5) is 11.4 Å². The van der Waals surface area contributed by atoms with Crippen LogP contribution in [0.25, 0.3) is 0 Å². The van der Waals surface area contributed by atoms with E-state index in [-0.39, 0.29) is 12.5 Å². The van der Waals surface area contributed by atoms with Crippen molar-refractivity contribution in [2.75, 3.05) is 18.4 Å². The lowest BCUT2D eigenvalue weighted by molar-refractivity contribution is -0.385. The lowest BCUT2D eigenvalue weighted by Crippen LogP contribution is -2.32. The molecular weight excluding hydrogens is 278 g/mol.